The highest BCUT2D eigenvalue weighted by molar-refractivity contribution is 5.19. The normalized spacial score (nSPS) is 24.1. The summed E-state index contributed by atoms with van der Waals surface area (Å²) in [5.41, 5.74) is 1.97. The lowest BCUT2D eigenvalue weighted by atomic mass is 9.68. The maximum absolute atomic E-state index is 2.48. The fraction of sp³-hybridized carbons (Fsp3) is 0.778. The van der Waals surface area contributed by atoms with Gasteiger partial charge in [0.15, 0.2) is 0 Å². The maximum Gasteiger partial charge on any atom is 0.104 e. The first-order chi connectivity index (χ1) is 8.70. The van der Waals surface area contributed by atoms with E-state index in [1.807, 2.05) is 0 Å². The molecule has 1 rings (SSSR count). The van der Waals surface area contributed by atoms with Crippen molar-refractivity contribution in [1.29, 1.82) is 0 Å². The van der Waals surface area contributed by atoms with Gasteiger partial charge in [0.1, 0.15) is 6.04 Å². The molecule has 0 aromatic carbocycles. The summed E-state index contributed by atoms with van der Waals surface area (Å²) in [4.78, 5) is 0. The molecule has 2 heteroatoms. The Morgan fingerprint density at radius 1 is 1.40 bits per heavy atom. The molecule has 0 aromatic heterocycles. The van der Waals surface area contributed by atoms with Gasteiger partial charge in [0.2, 0.25) is 0 Å². The van der Waals surface area contributed by atoms with Crippen molar-refractivity contribution in [2.75, 3.05) is 20.6 Å². The van der Waals surface area contributed by atoms with E-state index < -0.39 is 0 Å². The summed E-state index contributed by atoms with van der Waals surface area (Å²) < 4.78 is 1.09. The summed E-state index contributed by atoms with van der Waals surface area (Å²) in [5.74, 6) is 0.616. The first-order valence-corrected chi connectivity index (χ1v) is 7.88. The quantitative estimate of drug-likeness (QED) is 0.381. The summed E-state index contributed by atoms with van der Waals surface area (Å²) in [6, 6.07) is 0.588. The molecule has 2 atom stereocenters. The fourth-order valence-corrected chi connectivity index (χ4v) is 3.27. The summed E-state index contributed by atoms with van der Waals surface area (Å²) in [7, 11) is 4.68. The predicted molar refractivity (Wildman–Crippen MR) is 86.1 cm³/mol. The first-order valence-electron chi connectivity index (χ1n) is 7.88. The van der Waals surface area contributed by atoms with E-state index in [2.05, 4.69) is 66.9 Å². The molecule has 0 heterocycles. The van der Waals surface area contributed by atoms with Crippen molar-refractivity contribution in [3.05, 3.63) is 23.8 Å². The number of halogens is 1. The molecule has 0 radical (unpaired) electrons. The lowest BCUT2D eigenvalue weighted by Gasteiger charge is -2.38. The molecule has 0 saturated heterocycles. The summed E-state index contributed by atoms with van der Waals surface area (Å²) in [6.45, 7) is 13.0. The van der Waals surface area contributed by atoms with Gasteiger partial charge in [-0.15, -0.1) is 0 Å². The van der Waals surface area contributed by atoms with Crippen molar-refractivity contribution >= 4 is 0 Å². The zero-order valence-corrected chi connectivity index (χ0v) is 16.7. The molecule has 0 spiro atoms. The highest BCUT2D eigenvalue weighted by atomic mass is 127. The lowest BCUT2D eigenvalue weighted by Crippen LogP contribution is -3.00. The van der Waals surface area contributed by atoms with Crippen molar-refractivity contribution in [1.82, 2.24) is 0 Å². The van der Waals surface area contributed by atoms with Gasteiger partial charge in [0.25, 0.3) is 0 Å². The van der Waals surface area contributed by atoms with Crippen molar-refractivity contribution in [2.24, 2.45) is 11.3 Å². The van der Waals surface area contributed by atoms with Crippen LogP contribution in [0.5, 0.6) is 0 Å². The molecule has 1 aliphatic carbocycles. The molecule has 1 nitrogen and oxygen atoms in total. The molecule has 118 valence electrons. The first kappa shape index (κ1) is 20.2. The van der Waals surface area contributed by atoms with Crippen molar-refractivity contribution in [3.63, 3.8) is 0 Å². The molecule has 0 saturated carbocycles. The number of allylic oxidation sites excluding steroid dienone is 3. The van der Waals surface area contributed by atoms with Gasteiger partial charge in [0, 0.05) is 5.92 Å². The van der Waals surface area contributed by atoms with Crippen LogP contribution in [0.4, 0.5) is 0 Å². The number of rotatable bonds is 5. The molecule has 0 amide bonds. The van der Waals surface area contributed by atoms with Gasteiger partial charge in [-0.2, -0.15) is 0 Å². The molecule has 1 aliphatic rings. The van der Waals surface area contributed by atoms with Gasteiger partial charge in [-0.25, -0.2) is 0 Å². The summed E-state index contributed by atoms with van der Waals surface area (Å²) in [6.07, 6.45) is 11.2. The van der Waals surface area contributed by atoms with Crippen LogP contribution in [-0.4, -0.2) is 31.2 Å². The van der Waals surface area contributed by atoms with Gasteiger partial charge in [-0.05, 0) is 44.6 Å². The Balaban J connectivity index is 0.00000361. The van der Waals surface area contributed by atoms with Gasteiger partial charge in [0.05, 0.1) is 20.6 Å². The molecule has 2 unspecified atom stereocenters. The molecule has 20 heavy (non-hydrogen) atoms. The van der Waals surface area contributed by atoms with Crippen LogP contribution in [-0.2, 0) is 0 Å². The van der Waals surface area contributed by atoms with E-state index in [9.17, 15) is 0 Å². The van der Waals surface area contributed by atoms with Gasteiger partial charge >= 0.3 is 0 Å². The second kappa shape index (κ2) is 7.98. The third kappa shape index (κ3) is 5.18. The predicted octanol–water partition coefficient (Wildman–Crippen LogP) is 1.80. The van der Waals surface area contributed by atoms with Gasteiger partial charge < -0.3 is 28.5 Å². The maximum atomic E-state index is 2.48. The van der Waals surface area contributed by atoms with Crippen molar-refractivity contribution in [2.45, 2.75) is 59.9 Å². The van der Waals surface area contributed by atoms with E-state index in [1.54, 1.807) is 5.57 Å². The molecular weight excluding hydrogens is 357 g/mol. The third-order valence-electron chi connectivity index (χ3n) is 5.07. The summed E-state index contributed by atoms with van der Waals surface area (Å²) in [5, 5.41) is 0. The molecule has 0 bridgehead atoms. The van der Waals surface area contributed by atoms with E-state index in [0.717, 1.165) is 4.48 Å². The van der Waals surface area contributed by atoms with E-state index in [-0.39, 0.29) is 24.0 Å². The SMILES string of the molecule is CCC[N+](C)(C)C(C)/C=C/C1C(C)=CCCC1(C)C.[I-]. The minimum Gasteiger partial charge on any atom is -1.00 e. The van der Waals surface area contributed by atoms with Crippen LogP contribution < -0.4 is 24.0 Å². The minimum atomic E-state index is 0. The second-order valence-corrected chi connectivity index (χ2v) is 7.58. The van der Waals surface area contributed by atoms with Crippen LogP contribution in [0.15, 0.2) is 23.8 Å². The Bertz CT molecular complexity index is 352. The lowest BCUT2D eigenvalue weighted by molar-refractivity contribution is -0.906. The molecule has 0 fully saturated rings. The number of hydrogen-bond acceptors (Lipinski definition) is 0. The van der Waals surface area contributed by atoms with Crippen LogP contribution in [0.1, 0.15) is 53.9 Å². The van der Waals surface area contributed by atoms with E-state index in [0.29, 0.717) is 17.4 Å². The van der Waals surface area contributed by atoms with Crippen LogP contribution in [0.2, 0.25) is 0 Å². The van der Waals surface area contributed by atoms with Crippen molar-refractivity contribution in [3.8, 4) is 0 Å². The zero-order valence-electron chi connectivity index (χ0n) is 14.5. The standard InChI is InChI=1S/C18H34N.HI/c1-8-14-19(6,7)16(3)11-12-17-15(2)10-9-13-18(17,4)5;/h10-12,16-17H,8-9,13-14H2,1-7H3;1H/q+1;/p-1/b12-11+;. The van der Waals surface area contributed by atoms with E-state index in [1.165, 1.54) is 25.8 Å². The Morgan fingerprint density at radius 2 is 2.00 bits per heavy atom. The topological polar surface area (TPSA) is 0 Å². The molecular formula is C18H34IN. The number of likely N-dealkylation sites (N-methyl/N-ethyl adjacent to an activating group) is 1. The Hall–Kier alpha value is 0.170. The third-order valence-corrected chi connectivity index (χ3v) is 5.07. The van der Waals surface area contributed by atoms with E-state index >= 15 is 0 Å². The monoisotopic (exact) mass is 391 g/mol. The molecule has 0 aliphatic heterocycles. The number of nitrogens with zero attached hydrogens (tertiary/aromatic N) is 1. The largest absolute Gasteiger partial charge is 1.00 e. The second-order valence-electron chi connectivity index (χ2n) is 7.58. The highest BCUT2D eigenvalue weighted by Gasteiger charge is 2.31. The average molecular weight is 391 g/mol. The number of quaternary nitrogens is 1. The molecule has 0 aromatic rings. The van der Waals surface area contributed by atoms with Crippen LogP contribution in [0.3, 0.4) is 0 Å². The zero-order chi connectivity index (χ0) is 14.7. The van der Waals surface area contributed by atoms with E-state index in [4.69, 9.17) is 0 Å². The highest BCUT2D eigenvalue weighted by Crippen LogP contribution is 2.41. The molecule has 0 N–H and O–H groups in total. The fourth-order valence-electron chi connectivity index (χ4n) is 3.27. The minimum absolute atomic E-state index is 0. The smallest absolute Gasteiger partial charge is 0.104 e. The number of hydrogen-bond donors (Lipinski definition) is 0. The van der Waals surface area contributed by atoms with Crippen LogP contribution >= 0.6 is 0 Å². The Kier molecular flexibility index (Phi) is 8.04. The van der Waals surface area contributed by atoms with Gasteiger partial charge in [-0.3, -0.25) is 0 Å². The summed E-state index contributed by atoms with van der Waals surface area (Å²) >= 11 is 0. The van der Waals surface area contributed by atoms with Gasteiger partial charge in [-0.1, -0.05) is 38.5 Å². The van der Waals surface area contributed by atoms with Crippen LogP contribution in [0.25, 0.3) is 0 Å². The Morgan fingerprint density at radius 3 is 2.50 bits per heavy atom. The Labute approximate surface area is 144 Å². The van der Waals surface area contributed by atoms with Crippen molar-refractivity contribution < 1.29 is 28.5 Å². The average Bonchev–Trinajstić information content (AvgIpc) is 2.27. The van der Waals surface area contributed by atoms with Crippen LogP contribution in [0, 0.1) is 11.3 Å².